The molecule has 31 heteroatoms. The van der Waals surface area contributed by atoms with Gasteiger partial charge in [0.2, 0.25) is 0 Å². The molecule has 7 aliphatic rings. The molecular formula is C119H119Cl4N19O8. The number of pyridine rings is 3. The Morgan fingerprint density at radius 3 is 1.13 bits per heavy atom. The molecule has 6 saturated heterocycles. The first-order chi connectivity index (χ1) is 73.2. The Kier molecular flexibility index (Phi) is 31.9. The normalized spacial score (nSPS) is 16.2. The highest BCUT2D eigenvalue weighted by atomic mass is 35.5. The number of fused-ring (bicyclic) bond motifs is 7. The smallest absolute Gasteiger partial charge is 0.255 e. The van der Waals surface area contributed by atoms with E-state index in [0.717, 1.165) is 281 Å². The molecule has 0 bridgehead atoms. The molecule has 2 atom stereocenters. The summed E-state index contributed by atoms with van der Waals surface area (Å²) in [6.07, 6.45) is 35.6. The number of methoxy groups -OCH3 is 2. The Labute approximate surface area is 890 Å². The van der Waals surface area contributed by atoms with Gasteiger partial charge in [-0.3, -0.25) is 47.0 Å². The fourth-order valence-corrected chi connectivity index (χ4v) is 22.1. The molecule has 2 unspecified atom stereocenters. The number of carbonyl (C=O) groups excluding carboxylic acids is 6. The summed E-state index contributed by atoms with van der Waals surface area (Å²) in [7, 11) is 5.31. The number of imidazole rings is 4. The van der Waals surface area contributed by atoms with Crippen LogP contribution in [0.25, 0.3) is 111 Å². The summed E-state index contributed by atoms with van der Waals surface area (Å²) in [6.45, 7) is 12.5. The zero-order valence-electron chi connectivity index (χ0n) is 84.5. The minimum Gasteiger partial charge on any atom is -0.497 e. The number of ether oxygens (including phenoxy) is 2. The zero-order chi connectivity index (χ0) is 103. The lowest BCUT2D eigenvalue weighted by molar-refractivity contribution is 0.0692. The zero-order valence-corrected chi connectivity index (χ0v) is 87.6. The summed E-state index contributed by atoms with van der Waals surface area (Å²) < 4.78 is 20.2. The Morgan fingerprint density at radius 1 is 0.320 bits per heavy atom. The standard InChI is InChI=1S/C21H20ClN3O.C21H21ClN2O.C20H19ClN2O.C20H22N4O2.C19H20N4O2.C18H17ClN4O/c22-17-5-2-6-18(10-17)25-13-23-19-9-14(7-8-20(19)25)21(26)24-11-15-3-1-4-16(15)12-24;1-23-14-19(15-6-5-7-17(22)12-15)18-9-8-16(13-20(18)23)21(25)24-10-3-2-4-11-24;21-16-6-4-5-14(11-16)18-13-22-19-12-15(7-8-17(18)19)20(24)23-9-2-1-3-10-23;1-14-7-9-23(10-8-14)20(25)15-11-18-19(21-12-15)24(13-22-18)16-3-5-17(26-2)6-4-16;1-25-16-7-5-15(6-8-16)23-13-21-17-11-14(12-20-18(17)23)19(24)22-9-3-2-4-10-22;19-14-5-4-6-15(10-14)23-12-21-16-9-13(11-20-17(16)23)18(24)22-7-2-1-3-8-22/h2,5-10,13,15-16H,1,3-4,11-12H2;5-9,12-14H,2-4,10-11H2,1H3;4-8,11-13,22H,1-3,9-10H2;3-6,11-14H,7-10H2,1-2H3;5-8,11-13H,2-4,9-10H2,1H3;4-6,9-12H,1-3,7-8H2. The van der Waals surface area contributed by atoms with Crippen LogP contribution >= 0.6 is 46.4 Å². The van der Waals surface area contributed by atoms with Gasteiger partial charge >= 0.3 is 0 Å². The van der Waals surface area contributed by atoms with Gasteiger partial charge in [0.05, 0.1) is 47.6 Å². The van der Waals surface area contributed by atoms with E-state index in [1.165, 1.54) is 44.9 Å². The van der Waals surface area contributed by atoms with Crippen molar-refractivity contribution in [1.82, 2.24) is 92.1 Å². The second-order valence-electron chi connectivity index (χ2n) is 39.6. The molecule has 9 aromatic heterocycles. The van der Waals surface area contributed by atoms with Crippen LogP contribution in [0.2, 0.25) is 20.1 Å². The van der Waals surface area contributed by atoms with Crippen molar-refractivity contribution in [3.8, 4) is 56.5 Å². The Bertz CT molecular complexity index is 7770. The van der Waals surface area contributed by atoms with Gasteiger partial charge in [0.25, 0.3) is 35.4 Å². The molecule has 1 N–H and O–H groups in total. The molecule has 1 aliphatic carbocycles. The monoisotopic (exact) mass is 2080 g/mol. The van der Waals surface area contributed by atoms with E-state index >= 15 is 0 Å². The van der Waals surface area contributed by atoms with E-state index in [-0.39, 0.29) is 35.4 Å². The molecule has 6 amide bonds. The summed E-state index contributed by atoms with van der Waals surface area (Å²) in [5.74, 6) is 4.28. The minimum atomic E-state index is 0.0430. The Hall–Kier alpha value is -15.0. The summed E-state index contributed by atoms with van der Waals surface area (Å²) in [4.78, 5) is 123. The van der Waals surface area contributed by atoms with E-state index in [2.05, 4.69) is 69.7 Å². The maximum atomic E-state index is 12.9. The highest BCUT2D eigenvalue weighted by Gasteiger charge is 2.39. The molecular weight excluding hydrogens is 1970 g/mol. The predicted molar refractivity (Wildman–Crippen MR) is 593 cm³/mol. The fraction of sp³-hybridized carbons (Fsp3) is 0.303. The maximum Gasteiger partial charge on any atom is 0.255 e. The van der Waals surface area contributed by atoms with E-state index in [1.807, 2.05) is 267 Å². The van der Waals surface area contributed by atoms with Crippen LogP contribution in [0.4, 0.5) is 0 Å². The molecule has 766 valence electrons. The predicted octanol–water partition coefficient (Wildman–Crippen LogP) is 24.8. The number of hydrogen-bond donors (Lipinski definition) is 1. The van der Waals surface area contributed by atoms with Crippen LogP contribution in [0.1, 0.15) is 178 Å². The summed E-state index contributed by atoms with van der Waals surface area (Å²) in [6, 6.07) is 69.5. The van der Waals surface area contributed by atoms with Crippen molar-refractivity contribution < 1.29 is 38.2 Å². The third-order valence-electron chi connectivity index (χ3n) is 29.7. The van der Waals surface area contributed by atoms with Crippen molar-refractivity contribution >= 4 is 148 Å². The number of aromatic amines is 1. The number of nitrogens with one attached hydrogen (secondary N) is 1. The minimum absolute atomic E-state index is 0.0430. The number of benzene rings is 9. The van der Waals surface area contributed by atoms with Crippen molar-refractivity contribution in [2.45, 2.75) is 116 Å². The van der Waals surface area contributed by atoms with E-state index in [1.54, 1.807) is 58.1 Å². The second kappa shape index (κ2) is 46.8. The van der Waals surface area contributed by atoms with E-state index in [0.29, 0.717) is 55.7 Å². The van der Waals surface area contributed by atoms with Crippen LogP contribution in [-0.2, 0) is 7.05 Å². The molecule has 7 fully saturated rings. The van der Waals surface area contributed by atoms with Crippen molar-refractivity contribution in [3.05, 3.63) is 328 Å². The third-order valence-corrected chi connectivity index (χ3v) is 30.6. The van der Waals surface area contributed by atoms with Crippen molar-refractivity contribution in [1.29, 1.82) is 0 Å². The summed E-state index contributed by atoms with van der Waals surface area (Å²) in [5.41, 5.74) is 20.4. The summed E-state index contributed by atoms with van der Waals surface area (Å²) >= 11 is 24.4. The molecule has 25 rings (SSSR count). The largest absolute Gasteiger partial charge is 0.497 e. The molecule has 18 aromatic rings. The SMILES string of the molecule is COc1ccc(-n2cnc3cc(C(=O)N4CCC(C)CC4)cnc32)cc1.COc1ccc(-n2cnc3cc(C(=O)N4CCCCC4)cnc32)cc1.Cn1cc(-c2cccc(Cl)c2)c2ccc(C(=O)N3CCCCC3)cc21.O=C(c1ccc2c(-c3cccc(Cl)c3)c[nH]c2c1)N1CCCCC1.O=C(c1ccc2c(c1)ncn2-c1cccc(Cl)c1)N1CC2CCCC2C1.O=C(c1cnc2c(c1)ncn2-c1cccc(Cl)c1)N1CCCCC1. The number of likely N-dealkylation sites (tertiary alicyclic amines) is 6. The van der Waals surface area contributed by atoms with Crippen LogP contribution in [0.3, 0.4) is 0 Å². The van der Waals surface area contributed by atoms with Gasteiger partial charge in [0.1, 0.15) is 53.4 Å². The molecule has 6 aliphatic heterocycles. The molecule has 0 radical (unpaired) electrons. The van der Waals surface area contributed by atoms with Crippen molar-refractivity contribution in [2.24, 2.45) is 24.8 Å². The van der Waals surface area contributed by atoms with Crippen LogP contribution in [-0.4, -0.2) is 220 Å². The van der Waals surface area contributed by atoms with Crippen molar-refractivity contribution in [2.75, 3.05) is 92.8 Å². The lowest BCUT2D eigenvalue weighted by Gasteiger charge is -2.30. The van der Waals surface area contributed by atoms with E-state index in [4.69, 9.17) is 55.9 Å². The first-order valence-electron chi connectivity index (χ1n) is 51.9. The number of aryl methyl sites for hydroxylation is 1. The molecule has 9 aromatic carbocycles. The number of aromatic nitrogens is 13. The van der Waals surface area contributed by atoms with Gasteiger partial charge in [-0.1, -0.05) is 108 Å². The van der Waals surface area contributed by atoms with Gasteiger partial charge < -0.3 is 48.4 Å². The topological polar surface area (TPSA) is 271 Å². The number of piperidine rings is 5. The molecule has 150 heavy (non-hydrogen) atoms. The number of halogens is 4. The third kappa shape index (κ3) is 23.2. The van der Waals surface area contributed by atoms with Crippen LogP contribution < -0.4 is 9.47 Å². The van der Waals surface area contributed by atoms with Gasteiger partial charge in [-0.25, -0.2) is 34.9 Å². The van der Waals surface area contributed by atoms with Crippen LogP contribution in [0.5, 0.6) is 11.5 Å². The van der Waals surface area contributed by atoms with Gasteiger partial charge in [0, 0.05) is 203 Å². The average molecular weight is 2090 g/mol. The number of carbonyl (C=O) groups is 6. The molecule has 0 spiro atoms. The lowest BCUT2D eigenvalue weighted by Crippen LogP contribution is -2.37. The highest BCUT2D eigenvalue weighted by molar-refractivity contribution is 6.32. The molecule has 27 nitrogen and oxygen atoms in total. The number of rotatable bonds is 14. The van der Waals surface area contributed by atoms with Crippen LogP contribution in [0, 0.1) is 17.8 Å². The quantitative estimate of drug-likeness (QED) is 0.106. The van der Waals surface area contributed by atoms with Gasteiger partial charge in [-0.2, -0.15) is 0 Å². The van der Waals surface area contributed by atoms with E-state index in [9.17, 15) is 28.8 Å². The van der Waals surface area contributed by atoms with Gasteiger partial charge in [0.15, 0.2) is 16.9 Å². The van der Waals surface area contributed by atoms with E-state index < -0.39 is 0 Å². The Balaban J connectivity index is 0.000000109. The van der Waals surface area contributed by atoms with Crippen molar-refractivity contribution in [3.63, 3.8) is 0 Å². The number of amides is 6. The van der Waals surface area contributed by atoms with Crippen LogP contribution in [0.15, 0.2) is 275 Å². The first-order valence-corrected chi connectivity index (χ1v) is 53.4. The number of hydrogen-bond acceptors (Lipinski definition) is 15. The number of nitrogens with zero attached hydrogens (tertiary/aromatic N) is 18. The first kappa shape index (κ1) is 102. The highest BCUT2D eigenvalue weighted by Crippen LogP contribution is 2.41. The van der Waals surface area contributed by atoms with Gasteiger partial charge in [-0.05, 0) is 301 Å². The lowest BCUT2D eigenvalue weighted by atomic mass is 9.99. The second-order valence-corrected chi connectivity index (χ2v) is 41.4. The maximum absolute atomic E-state index is 12.9. The summed E-state index contributed by atoms with van der Waals surface area (Å²) in [5, 5.41) is 5.04. The molecule has 1 saturated carbocycles. The fourth-order valence-electron chi connectivity index (χ4n) is 21.4. The average Bonchev–Trinajstić information content (AvgIpc) is 1.64. The number of H-pyrrole nitrogens is 1. The Morgan fingerprint density at radius 2 is 0.687 bits per heavy atom. The molecule has 15 heterocycles. The van der Waals surface area contributed by atoms with Gasteiger partial charge in [-0.15, -0.1) is 0 Å².